The summed E-state index contributed by atoms with van der Waals surface area (Å²) in [5, 5.41) is 3.02. The maximum Gasteiger partial charge on any atom is 0.266 e. The summed E-state index contributed by atoms with van der Waals surface area (Å²) in [5.41, 5.74) is 7.71. The van der Waals surface area contributed by atoms with Gasteiger partial charge in [-0.15, -0.1) is 11.3 Å². The van der Waals surface area contributed by atoms with Gasteiger partial charge < -0.3 is 16.0 Å². The molecule has 0 aliphatic carbocycles. The lowest BCUT2D eigenvalue weighted by molar-refractivity contribution is -0.117. The van der Waals surface area contributed by atoms with Gasteiger partial charge in [-0.05, 0) is 30.0 Å². The van der Waals surface area contributed by atoms with Crippen molar-refractivity contribution in [2.24, 2.45) is 5.92 Å². The second-order valence-corrected chi connectivity index (χ2v) is 8.31. The first kappa shape index (κ1) is 20.1. The normalized spacial score (nSPS) is 19.3. The van der Waals surface area contributed by atoms with Crippen LogP contribution in [0.2, 0.25) is 0 Å². The summed E-state index contributed by atoms with van der Waals surface area (Å²) in [5.74, 6) is 0.0404. The molecule has 6 heteroatoms. The van der Waals surface area contributed by atoms with Crippen molar-refractivity contribution in [3.8, 4) is 10.4 Å². The molecule has 1 aromatic heterocycles. The number of hydrogen-bond donors (Lipinski definition) is 2. The second kappa shape index (κ2) is 9.06. The van der Waals surface area contributed by atoms with Crippen LogP contribution in [0.1, 0.15) is 36.4 Å². The summed E-state index contributed by atoms with van der Waals surface area (Å²) in [7, 11) is 0. The summed E-state index contributed by atoms with van der Waals surface area (Å²) < 4.78 is 0. The van der Waals surface area contributed by atoms with Gasteiger partial charge in [-0.2, -0.15) is 0 Å². The molecule has 1 aliphatic rings. The SMILES string of the molecule is CCC/C=C/C(=O)N[C@@H]1CN(C(=O)c2sc(-c3ccccc3)cc2N)C[C@H]1C. The maximum absolute atomic E-state index is 13.0. The van der Waals surface area contributed by atoms with Gasteiger partial charge in [0.2, 0.25) is 5.91 Å². The third-order valence-corrected chi connectivity index (χ3v) is 6.15. The molecule has 2 amide bonds. The van der Waals surface area contributed by atoms with Gasteiger partial charge in [0.1, 0.15) is 4.88 Å². The minimum Gasteiger partial charge on any atom is -0.397 e. The fourth-order valence-corrected chi connectivity index (χ4v) is 4.42. The van der Waals surface area contributed by atoms with Crippen molar-refractivity contribution in [2.75, 3.05) is 18.8 Å². The Labute approximate surface area is 170 Å². The first-order valence-electron chi connectivity index (χ1n) is 9.70. The number of amides is 2. The summed E-state index contributed by atoms with van der Waals surface area (Å²) in [6, 6.07) is 11.7. The Bertz CT molecular complexity index is 860. The number of carbonyl (C=O) groups is 2. The molecule has 0 bridgehead atoms. The molecule has 0 spiro atoms. The van der Waals surface area contributed by atoms with Gasteiger partial charge in [0, 0.05) is 18.0 Å². The van der Waals surface area contributed by atoms with E-state index in [0.717, 1.165) is 23.3 Å². The molecule has 2 heterocycles. The summed E-state index contributed by atoms with van der Waals surface area (Å²) in [6.45, 7) is 5.25. The van der Waals surface area contributed by atoms with Crippen LogP contribution in [0.15, 0.2) is 48.6 Å². The van der Waals surface area contributed by atoms with E-state index < -0.39 is 0 Å². The van der Waals surface area contributed by atoms with E-state index in [1.54, 1.807) is 11.0 Å². The van der Waals surface area contributed by atoms with E-state index >= 15 is 0 Å². The van der Waals surface area contributed by atoms with Crippen molar-refractivity contribution in [2.45, 2.75) is 32.7 Å². The monoisotopic (exact) mass is 397 g/mol. The first-order valence-corrected chi connectivity index (χ1v) is 10.5. The number of nitrogens with zero attached hydrogens (tertiary/aromatic N) is 1. The van der Waals surface area contributed by atoms with E-state index in [2.05, 4.69) is 19.2 Å². The number of nitrogens with two attached hydrogens (primary N) is 1. The molecule has 2 atom stereocenters. The number of benzene rings is 1. The third kappa shape index (κ3) is 4.62. The molecule has 2 aromatic rings. The molecule has 0 radical (unpaired) electrons. The number of likely N-dealkylation sites (tertiary alicyclic amines) is 1. The van der Waals surface area contributed by atoms with Crippen LogP contribution in [0.4, 0.5) is 5.69 Å². The van der Waals surface area contributed by atoms with E-state index in [-0.39, 0.29) is 23.8 Å². The molecule has 0 unspecified atom stereocenters. The van der Waals surface area contributed by atoms with Crippen molar-refractivity contribution in [1.82, 2.24) is 10.2 Å². The fourth-order valence-electron chi connectivity index (χ4n) is 3.37. The van der Waals surface area contributed by atoms with Crippen LogP contribution in [0.5, 0.6) is 0 Å². The topological polar surface area (TPSA) is 75.4 Å². The zero-order chi connectivity index (χ0) is 20.1. The molecular weight excluding hydrogens is 370 g/mol. The lowest BCUT2D eigenvalue weighted by atomic mass is 10.1. The van der Waals surface area contributed by atoms with Crippen LogP contribution in [0.25, 0.3) is 10.4 Å². The molecule has 148 valence electrons. The highest BCUT2D eigenvalue weighted by Gasteiger charge is 2.34. The van der Waals surface area contributed by atoms with Crippen LogP contribution in [0, 0.1) is 5.92 Å². The lowest BCUT2D eigenvalue weighted by Crippen LogP contribution is -2.39. The average molecular weight is 398 g/mol. The van der Waals surface area contributed by atoms with E-state index in [0.29, 0.717) is 23.7 Å². The Morgan fingerprint density at radius 1 is 1.29 bits per heavy atom. The Kier molecular flexibility index (Phi) is 6.52. The zero-order valence-corrected chi connectivity index (χ0v) is 17.2. The number of anilines is 1. The van der Waals surface area contributed by atoms with Crippen molar-refractivity contribution in [3.05, 3.63) is 53.4 Å². The van der Waals surface area contributed by atoms with Gasteiger partial charge >= 0.3 is 0 Å². The van der Waals surface area contributed by atoms with Crippen molar-refractivity contribution >= 4 is 28.8 Å². The van der Waals surface area contributed by atoms with Crippen LogP contribution < -0.4 is 11.1 Å². The molecular formula is C22H27N3O2S. The molecule has 3 N–H and O–H groups in total. The van der Waals surface area contributed by atoms with Crippen LogP contribution in [-0.4, -0.2) is 35.8 Å². The van der Waals surface area contributed by atoms with Gasteiger partial charge in [0.25, 0.3) is 5.91 Å². The first-order chi connectivity index (χ1) is 13.5. The molecule has 0 saturated carbocycles. The standard InChI is InChI=1S/C22H27N3O2S/c1-3-4-6-11-20(26)24-18-14-25(13-15(18)2)22(27)21-17(23)12-19(28-21)16-9-7-5-8-10-16/h5-12,15,18H,3-4,13-14,23H2,1-2H3,(H,24,26)/b11-6+/t15-,18-/m1/s1. The molecule has 28 heavy (non-hydrogen) atoms. The zero-order valence-electron chi connectivity index (χ0n) is 16.4. The van der Waals surface area contributed by atoms with Crippen molar-refractivity contribution in [1.29, 1.82) is 0 Å². The van der Waals surface area contributed by atoms with E-state index in [9.17, 15) is 9.59 Å². The van der Waals surface area contributed by atoms with Gasteiger partial charge in [-0.25, -0.2) is 0 Å². The van der Waals surface area contributed by atoms with Gasteiger partial charge in [0.15, 0.2) is 0 Å². The Balaban J connectivity index is 1.67. The predicted molar refractivity (Wildman–Crippen MR) is 115 cm³/mol. The van der Waals surface area contributed by atoms with Crippen LogP contribution in [0.3, 0.4) is 0 Å². The summed E-state index contributed by atoms with van der Waals surface area (Å²) in [4.78, 5) is 28.4. The Hall–Kier alpha value is -2.60. The highest BCUT2D eigenvalue weighted by molar-refractivity contribution is 7.18. The Morgan fingerprint density at radius 3 is 2.75 bits per heavy atom. The molecule has 3 rings (SSSR count). The molecule has 1 saturated heterocycles. The molecule has 5 nitrogen and oxygen atoms in total. The number of unbranched alkanes of at least 4 members (excludes halogenated alkanes) is 1. The predicted octanol–water partition coefficient (Wildman–Crippen LogP) is 3.93. The summed E-state index contributed by atoms with van der Waals surface area (Å²) >= 11 is 1.42. The third-order valence-electron chi connectivity index (χ3n) is 4.97. The molecule has 1 fully saturated rings. The van der Waals surface area contributed by atoms with E-state index in [1.165, 1.54) is 11.3 Å². The average Bonchev–Trinajstić information content (AvgIpc) is 3.25. The number of nitrogens with one attached hydrogen (secondary N) is 1. The van der Waals surface area contributed by atoms with E-state index in [4.69, 9.17) is 5.73 Å². The van der Waals surface area contributed by atoms with Crippen LogP contribution >= 0.6 is 11.3 Å². The number of carbonyl (C=O) groups excluding carboxylic acids is 2. The minimum absolute atomic E-state index is 0.0440. The summed E-state index contributed by atoms with van der Waals surface area (Å²) in [6.07, 6.45) is 5.37. The number of allylic oxidation sites excluding steroid dienone is 1. The molecule has 1 aliphatic heterocycles. The van der Waals surface area contributed by atoms with Gasteiger partial charge in [-0.3, -0.25) is 9.59 Å². The Morgan fingerprint density at radius 2 is 2.04 bits per heavy atom. The van der Waals surface area contributed by atoms with Gasteiger partial charge in [-0.1, -0.05) is 56.7 Å². The highest BCUT2D eigenvalue weighted by Crippen LogP contribution is 2.34. The smallest absolute Gasteiger partial charge is 0.266 e. The highest BCUT2D eigenvalue weighted by atomic mass is 32.1. The number of nitrogen functional groups attached to an aromatic ring is 1. The second-order valence-electron chi connectivity index (χ2n) is 7.25. The lowest BCUT2D eigenvalue weighted by Gasteiger charge is -2.16. The number of hydrogen-bond acceptors (Lipinski definition) is 4. The largest absolute Gasteiger partial charge is 0.397 e. The van der Waals surface area contributed by atoms with Crippen molar-refractivity contribution < 1.29 is 9.59 Å². The quantitative estimate of drug-likeness (QED) is 0.725. The number of rotatable bonds is 6. The van der Waals surface area contributed by atoms with Gasteiger partial charge in [0.05, 0.1) is 11.7 Å². The van der Waals surface area contributed by atoms with Crippen LogP contribution in [-0.2, 0) is 4.79 Å². The fraction of sp³-hybridized carbons (Fsp3) is 0.364. The molecule has 1 aromatic carbocycles. The number of thiophene rings is 1. The van der Waals surface area contributed by atoms with Crippen molar-refractivity contribution in [3.63, 3.8) is 0 Å². The minimum atomic E-state index is -0.0957. The maximum atomic E-state index is 13.0. The van der Waals surface area contributed by atoms with E-state index in [1.807, 2.05) is 42.5 Å².